The van der Waals surface area contributed by atoms with Gasteiger partial charge in [-0.15, -0.1) is 11.3 Å². The lowest BCUT2D eigenvalue weighted by atomic mass is 9.94. The summed E-state index contributed by atoms with van der Waals surface area (Å²) in [6.07, 6.45) is 3.56. The molecule has 0 unspecified atom stereocenters. The van der Waals surface area contributed by atoms with Crippen LogP contribution in [-0.4, -0.2) is 9.97 Å². The molecular formula is C44H26N2S. The van der Waals surface area contributed by atoms with E-state index in [0.717, 1.165) is 21.8 Å². The van der Waals surface area contributed by atoms with Crippen LogP contribution in [0.4, 0.5) is 0 Å². The Balaban J connectivity index is 1.10. The number of rotatable bonds is 3. The van der Waals surface area contributed by atoms with Gasteiger partial charge in [-0.2, -0.15) is 0 Å². The molecule has 47 heavy (non-hydrogen) atoms. The van der Waals surface area contributed by atoms with Crippen molar-refractivity contribution in [3.05, 3.63) is 158 Å². The van der Waals surface area contributed by atoms with E-state index in [1.165, 1.54) is 75.1 Å². The molecule has 0 aliphatic rings. The van der Waals surface area contributed by atoms with E-state index >= 15 is 0 Å². The predicted molar refractivity (Wildman–Crippen MR) is 201 cm³/mol. The van der Waals surface area contributed by atoms with Crippen molar-refractivity contribution < 1.29 is 0 Å². The van der Waals surface area contributed by atoms with Crippen LogP contribution in [0.1, 0.15) is 0 Å². The first kappa shape index (κ1) is 26.3. The summed E-state index contributed by atoms with van der Waals surface area (Å²) in [5.41, 5.74) is 9.24. The van der Waals surface area contributed by atoms with E-state index in [0.29, 0.717) is 0 Å². The number of nitrogens with zero attached hydrogens (tertiary/aromatic N) is 2. The molecule has 0 aliphatic heterocycles. The molecule has 2 aromatic heterocycles. The van der Waals surface area contributed by atoms with Gasteiger partial charge in [-0.05, 0) is 91.3 Å². The Morgan fingerprint density at radius 1 is 0.340 bits per heavy atom. The Labute approximate surface area is 275 Å². The highest BCUT2D eigenvalue weighted by atomic mass is 32.1. The molecule has 2 heterocycles. The molecule has 0 fully saturated rings. The maximum Gasteiger partial charge on any atom is 0.0971 e. The monoisotopic (exact) mass is 614 g/mol. The molecule has 10 aromatic rings. The number of aromatic nitrogens is 2. The van der Waals surface area contributed by atoms with Crippen molar-refractivity contribution >= 4 is 74.9 Å². The van der Waals surface area contributed by atoms with Crippen LogP contribution in [0.15, 0.2) is 158 Å². The summed E-state index contributed by atoms with van der Waals surface area (Å²) in [5.74, 6) is 0. The number of hydrogen-bond donors (Lipinski definition) is 0. The van der Waals surface area contributed by atoms with E-state index in [1.54, 1.807) is 12.4 Å². The van der Waals surface area contributed by atoms with Gasteiger partial charge in [0, 0.05) is 43.3 Å². The van der Waals surface area contributed by atoms with Crippen LogP contribution in [0.25, 0.3) is 96.9 Å². The van der Waals surface area contributed by atoms with Crippen LogP contribution >= 0.6 is 11.3 Å². The summed E-state index contributed by atoms with van der Waals surface area (Å²) in [7, 11) is 0. The number of hydrogen-bond acceptors (Lipinski definition) is 3. The summed E-state index contributed by atoms with van der Waals surface area (Å²) in [6, 6.07) is 53.3. The highest BCUT2D eigenvalue weighted by molar-refractivity contribution is 7.25. The molecule has 2 nitrogen and oxygen atoms in total. The van der Waals surface area contributed by atoms with Gasteiger partial charge in [-0.25, -0.2) is 0 Å². The van der Waals surface area contributed by atoms with Crippen molar-refractivity contribution in [1.29, 1.82) is 0 Å². The van der Waals surface area contributed by atoms with Gasteiger partial charge in [0.05, 0.1) is 11.0 Å². The lowest BCUT2D eigenvalue weighted by Gasteiger charge is -2.11. The summed E-state index contributed by atoms with van der Waals surface area (Å²) in [6.45, 7) is 0. The lowest BCUT2D eigenvalue weighted by Crippen LogP contribution is -1.89. The standard InChI is InChI=1S/C44H26N2S/c1-2-11-33-27(7-1)8-6-14-34(33)32-17-20-42-40(26-32)39-25-31(16-19-41(39)47-42)29-10-5-9-28(23-29)30-15-18-37-38(24-30)35-12-3-4-13-36(35)43-44(37)46-22-21-45-43/h1-26H. The van der Waals surface area contributed by atoms with Gasteiger partial charge in [0.15, 0.2) is 0 Å². The summed E-state index contributed by atoms with van der Waals surface area (Å²) in [4.78, 5) is 9.42. The fourth-order valence-electron chi connectivity index (χ4n) is 7.29. The van der Waals surface area contributed by atoms with Crippen LogP contribution in [0.2, 0.25) is 0 Å². The maximum absolute atomic E-state index is 4.73. The minimum Gasteiger partial charge on any atom is -0.252 e. The fraction of sp³-hybridized carbons (Fsp3) is 0. The zero-order valence-corrected chi connectivity index (χ0v) is 26.1. The first-order chi connectivity index (χ1) is 23.3. The number of thiophene rings is 1. The third-order valence-corrected chi connectivity index (χ3v) is 10.7. The minimum atomic E-state index is 0.946. The fourth-order valence-corrected chi connectivity index (χ4v) is 8.36. The Morgan fingerprint density at radius 2 is 0.872 bits per heavy atom. The second-order valence-electron chi connectivity index (χ2n) is 12.2. The van der Waals surface area contributed by atoms with Crippen molar-refractivity contribution in [1.82, 2.24) is 9.97 Å². The molecule has 10 rings (SSSR count). The quantitative estimate of drug-likeness (QED) is 0.185. The normalized spacial score (nSPS) is 11.8. The average Bonchev–Trinajstić information content (AvgIpc) is 3.52. The molecule has 0 N–H and O–H groups in total. The van der Waals surface area contributed by atoms with Crippen LogP contribution in [-0.2, 0) is 0 Å². The van der Waals surface area contributed by atoms with Gasteiger partial charge in [0.1, 0.15) is 0 Å². The lowest BCUT2D eigenvalue weighted by molar-refractivity contribution is 1.31. The van der Waals surface area contributed by atoms with Gasteiger partial charge >= 0.3 is 0 Å². The van der Waals surface area contributed by atoms with E-state index < -0.39 is 0 Å². The molecule has 8 aromatic carbocycles. The summed E-state index contributed by atoms with van der Waals surface area (Å²) in [5, 5.41) is 9.83. The van der Waals surface area contributed by atoms with Crippen molar-refractivity contribution in [2.75, 3.05) is 0 Å². The largest absolute Gasteiger partial charge is 0.252 e. The molecule has 0 bridgehead atoms. The molecule has 0 saturated carbocycles. The van der Waals surface area contributed by atoms with Crippen LogP contribution in [0, 0.1) is 0 Å². The zero-order chi connectivity index (χ0) is 30.9. The first-order valence-corrected chi connectivity index (χ1v) is 16.7. The van der Waals surface area contributed by atoms with E-state index in [9.17, 15) is 0 Å². The van der Waals surface area contributed by atoms with E-state index in [1.807, 2.05) is 11.3 Å². The van der Waals surface area contributed by atoms with Crippen LogP contribution in [0.3, 0.4) is 0 Å². The van der Waals surface area contributed by atoms with Crippen molar-refractivity contribution in [2.45, 2.75) is 0 Å². The summed E-state index contributed by atoms with van der Waals surface area (Å²) < 4.78 is 2.63. The molecule has 218 valence electrons. The van der Waals surface area contributed by atoms with E-state index in [2.05, 4.69) is 146 Å². The molecule has 0 spiro atoms. The molecule has 0 amide bonds. The predicted octanol–water partition coefficient (Wildman–Crippen LogP) is 12.5. The van der Waals surface area contributed by atoms with Crippen molar-refractivity contribution in [3.63, 3.8) is 0 Å². The zero-order valence-electron chi connectivity index (χ0n) is 25.3. The number of fused-ring (bicyclic) bond motifs is 10. The Bertz CT molecular complexity index is 2820. The molecule has 0 saturated heterocycles. The first-order valence-electron chi connectivity index (χ1n) is 15.9. The van der Waals surface area contributed by atoms with Crippen molar-refractivity contribution in [2.24, 2.45) is 0 Å². The van der Waals surface area contributed by atoms with Gasteiger partial charge in [0.2, 0.25) is 0 Å². The smallest absolute Gasteiger partial charge is 0.0971 e. The Kier molecular flexibility index (Phi) is 5.78. The third kappa shape index (κ3) is 4.17. The van der Waals surface area contributed by atoms with Gasteiger partial charge in [-0.3, -0.25) is 9.97 Å². The van der Waals surface area contributed by atoms with Crippen LogP contribution in [0.5, 0.6) is 0 Å². The Morgan fingerprint density at radius 3 is 1.64 bits per heavy atom. The molecular weight excluding hydrogens is 589 g/mol. The second-order valence-corrected chi connectivity index (χ2v) is 13.3. The van der Waals surface area contributed by atoms with E-state index in [-0.39, 0.29) is 0 Å². The molecule has 0 atom stereocenters. The highest BCUT2D eigenvalue weighted by Gasteiger charge is 2.13. The third-order valence-electron chi connectivity index (χ3n) is 9.54. The van der Waals surface area contributed by atoms with Crippen molar-refractivity contribution in [3.8, 4) is 33.4 Å². The minimum absolute atomic E-state index is 0.946. The SMILES string of the molecule is c1cc(-c2ccc3sc4ccc(-c5cccc6ccccc56)cc4c3c2)cc(-c2ccc3c(c2)c2ccccc2c2nccnc32)c1. The van der Waals surface area contributed by atoms with Crippen LogP contribution < -0.4 is 0 Å². The Hall–Kier alpha value is -5.90. The van der Waals surface area contributed by atoms with Gasteiger partial charge in [-0.1, -0.05) is 109 Å². The highest BCUT2D eigenvalue weighted by Crippen LogP contribution is 2.41. The average molecular weight is 615 g/mol. The molecule has 0 aliphatic carbocycles. The summed E-state index contributed by atoms with van der Waals surface area (Å²) >= 11 is 1.87. The maximum atomic E-state index is 4.73. The van der Waals surface area contributed by atoms with Gasteiger partial charge in [0.25, 0.3) is 0 Å². The topological polar surface area (TPSA) is 25.8 Å². The molecule has 0 radical (unpaired) electrons. The second kappa shape index (κ2) is 10.3. The van der Waals surface area contributed by atoms with Gasteiger partial charge < -0.3 is 0 Å². The number of benzene rings is 8. The molecule has 3 heteroatoms. The van der Waals surface area contributed by atoms with E-state index in [4.69, 9.17) is 9.97 Å².